The Kier molecular flexibility index (Phi) is 16.7. The summed E-state index contributed by atoms with van der Waals surface area (Å²) < 4.78 is 48.2. The van der Waals surface area contributed by atoms with E-state index in [1.54, 1.807) is 60.5 Å². The van der Waals surface area contributed by atoms with E-state index in [0.29, 0.717) is 6.29 Å². The van der Waals surface area contributed by atoms with Crippen LogP contribution in [0.3, 0.4) is 0 Å². The van der Waals surface area contributed by atoms with Gasteiger partial charge >= 0.3 is 5.97 Å². The summed E-state index contributed by atoms with van der Waals surface area (Å²) in [5, 5.41) is 68.8. The quantitative estimate of drug-likeness (QED) is 0.120. The standard InChI is InChI=1S/C39H69NO16/c1-11-26-24(18-51-37-34(50-10)33(49-9)30(45)22(5)53-37)35(47)38(6)13-14-39(48,56-38)19(2)16-23(12-15-41)32(20(3)25(42)17-27(43)54-26)55-36-31(46)28(40(7)8)29(44)21(4)52-36/h15,19-26,28-37,42,44-48H,11-14,16-18H2,1-10H3/t19-,20+,21-,22-,23?,24?,25-,26-,28+,29-,30-,31-,32-,33-,34-,35?,36+,37-,38?,39?/m1/s1. The number of nitrogens with zero attached hydrogens (tertiary/aromatic N) is 1. The summed E-state index contributed by atoms with van der Waals surface area (Å²) in [5.41, 5.74) is -1.36. The molecule has 17 nitrogen and oxygen atoms in total. The minimum Gasteiger partial charge on any atom is -0.462 e. The number of aldehydes is 1. The lowest BCUT2D eigenvalue weighted by Crippen LogP contribution is -2.63. The Balaban J connectivity index is 1.69. The van der Waals surface area contributed by atoms with Gasteiger partial charge in [0.15, 0.2) is 18.4 Å². The molecule has 4 saturated heterocycles. The number of aliphatic hydroxyl groups is 6. The molecule has 6 N–H and O–H groups in total. The lowest BCUT2D eigenvalue weighted by Gasteiger charge is -2.47. The van der Waals surface area contributed by atoms with E-state index in [-0.39, 0.29) is 38.7 Å². The average Bonchev–Trinajstić information content (AvgIpc) is 3.48. The number of carbonyl (C=O) groups excluding carboxylic acids is 2. The minimum absolute atomic E-state index is 0.0623. The Morgan fingerprint density at radius 2 is 1.52 bits per heavy atom. The highest BCUT2D eigenvalue weighted by Crippen LogP contribution is 2.47. The topological polar surface area (TPSA) is 233 Å². The third kappa shape index (κ3) is 10.1. The number of rotatable bonds is 11. The maximum atomic E-state index is 13.7. The van der Waals surface area contributed by atoms with Crippen molar-refractivity contribution in [3.63, 3.8) is 0 Å². The first-order valence-corrected chi connectivity index (χ1v) is 20.0. The molecule has 0 aromatic carbocycles. The first-order valence-electron chi connectivity index (χ1n) is 20.0. The molecule has 0 amide bonds. The molecule has 4 heterocycles. The van der Waals surface area contributed by atoms with Crippen molar-refractivity contribution < 1.29 is 78.1 Å². The van der Waals surface area contributed by atoms with Crippen molar-refractivity contribution in [3.05, 3.63) is 0 Å². The van der Waals surface area contributed by atoms with Gasteiger partial charge in [-0.05, 0) is 60.0 Å². The molecule has 0 aliphatic carbocycles. The SMILES string of the molecule is CC[C@H]1OC(=O)C[C@@H](O)[C@H](C)[C@@H](O[C@@H]2O[C@H](C)[C@@H](O)[C@H](N(C)C)[C@H]2O)C(CC=O)C[C@@H](C)C2(O)CCC(C)(O2)C(O)C1CO[C@@H]1O[C@H](C)[C@@H](O)[C@@H](OC)[C@H]1OC. The first-order chi connectivity index (χ1) is 26.3. The second kappa shape index (κ2) is 19.8. The van der Waals surface area contributed by atoms with Gasteiger partial charge in [-0.15, -0.1) is 0 Å². The predicted molar refractivity (Wildman–Crippen MR) is 198 cm³/mol. The van der Waals surface area contributed by atoms with Crippen LogP contribution >= 0.6 is 0 Å². The molecule has 2 bridgehead atoms. The van der Waals surface area contributed by atoms with Crippen molar-refractivity contribution in [3.8, 4) is 0 Å². The monoisotopic (exact) mass is 807 g/mol. The fourth-order valence-electron chi connectivity index (χ4n) is 9.14. The highest BCUT2D eigenvalue weighted by atomic mass is 16.7. The number of methoxy groups -OCH3 is 2. The fourth-order valence-corrected chi connectivity index (χ4v) is 9.14. The van der Waals surface area contributed by atoms with Crippen molar-refractivity contribution in [2.24, 2.45) is 23.7 Å². The lowest BCUT2D eigenvalue weighted by molar-refractivity contribution is -0.311. The molecule has 0 saturated carbocycles. The molecule has 4 aliphatic rings. The number of hydrogen-bond acceptors (Lipinski definition) is 17. The zero-order chi connectivity index (χ0) is 41.9. The Morgan fingerprint density at radius 3 is 2.11 bits per heavy atom. The maximum Gasteiger partial charge on any atom is 0.308 e. The van der Waals surface area contributed by atoms with Gasteiger partial charge < -0.3 is 78.2 Å². The van der Waals surface area contributed by atoms with Gasteiger partial charge in [0.05, 0.1) is 61.3 Å². The van der Waals surface area contributed by atoms with Gasteiger partial charge in [-0.1, -0.05) is 20.8 Å². The van der Waals surface area contributed by atoms with Crippen molar-refractivity contribution in [2.75, 3.05) is 34.9 Å². The number of carbonyl (C=O) groups is 2. The van der Waals surface area contributed by atoms with E-state index in [2.05, 4.69) is 0 Å². The van der Waals surface area contributed by atoms with E-state index in [1.807, 2.05) is 0 Å². The van der Waals surface area contributed by atoms with Gasteiger partial charge in [0.2, 0.25) is 0 Å². The normalized spacial score (nSPS) is 48.6. The van der Waals surface area contributed by atoms with Crippen LogP contribution in [0, 0.1) is 23.7 Å². The van der Waals surface area contributed by atoms with E-state index in [4.69, 9.17) is 37.9 Å². The van der Waals surface area contributed by atoms with Crippen LogP contribution in [0.4, 0.5) is 0 Å². The number of fused-ring (bicyclic) bond motifs is 2. The molecule has 4 fully saturated rings. The zero-order valence-corrected chi connectivity index (χ0v) is 34.6. The highest BCUT2D eigenvalue weighted by Gasteiger charge is 2.56. The largest absolute Gasteiger partial charge is 0.462 e. The molecule has 0 aromatic heterocycles. The van der Waals surface area contributed by atoms with Gasteiger partial charge in [0.1, 0.15) is 36.8 Å². The summed E-state index contributed by atoms with van der Waals surface area (Å²) in [5.74, 6) is -5.61. The predicted octanol–water partition coefficient (Wildman–Crippen LogP) is 0.109. The van der Waals surface area contributed by atoms with Gasteiger partial charge in [-0.3, -0.25) is 4.79 Å². The van der Waals surface area contributed by atoms with Crippen molar-refractivity contribution >= 4 is 12.3 Å². The molecule has 4 aliphatic heterocycles. The van der Waals surface area contributed by atoms with Gasteiger partial charge in [0, 0.05) is 44.8 Å². The van der Waals surface area contributed by atoms with E-state index in [0.717, 1.165) is 0 Å². The fraction of sp³-hybridized carbons (Fsp3) is 0.949. The van der Waals surface area contributed by atoms with Crippen LogP contribution < -0.4 is 0 Å². The minimum atomic E-state index is -1.77. The van der Waals surface area contributed by atoms with Crippen molar-refractivity contribution in [1.82, 2.24) is 4.90 Å². The molecular formula is C39H69NO16. The summed E-state index contributed by atoms with van der Waals surface area (Å²) in [6.07, 6.45) is -12.5. The zero-order valence-electron chi connectivity index (χ0n) is 34.6. The van der Waals surface area contributed by atoms with Crippen LogP contribution in [0.2, 0.25) is 0 Å². The second-order valence-corrected chi connectivity index (χ2v) is 16.9. The number of hydrogen-bond donors (Lipinski definition) is 6. The van der Waals surface area contributed by atoms with E-state index < -0.39 is 133 Å². The summed E-state index contributed by atoms with van der Waals surface area (Å²) in [7, 11) is 6.29. The molecule has 0 spiro atoms. The molecule has 17 heteroatoms. The van der Waals surface area contributed by atoms with Gasteiger partial charge in [0.25, 0.3) is 0 Å². The summed E-state index contributed by atoms with van der Waals surface area (Å²) in [4.78, 5) is 27.6. The smallest absolute Gasteiger partial charge is 0.308 e. The number of cyclic esters (lactones) is 1. The third-order valence-corrected chi connectivity index (χ3v) is 12.8. The Morgan fingerprint density at radius 1 is 0.893 bits per heavy atom. The molecule has 0 radical (unpaired) electrons. The molecule has 4 rings (SSSR count). The van der Waals surface area contributed by atoms with Gasteiger partial charge in [-0.2, -0.15) is 0 Å². The van der Waals surface area contributed by atoms with Crippen LogP contribution in [0.25, 0.3) is 0 Å². The van der Waals surface area contributed by atoms with Crippen LogP contribution in [0.1, 0.15) is 80.1 Å². The summed E-state index contributed by atoms with van der Waals surface area (Å²) >= 11 is 0. The highest BCUT2D eigenvalue weighted by molar-refractivity contribution is 5.70. The number of esters is 1. The van der Waals surface area contributed by atoms with Crippen LogP contribution in [0.15, 0.2) is 0 Å². The van der Waals surface area contributed by atoms with Crippen LogP contribution in [-0.4, -0.2) is 180 Å². The molecule has 5 unspecified atom stereocenters. The molecule has 0 aromatic rings. The Bertz CT molecular complexity index is 1260. The van der Waals surface area contributed by atoms with E-state index in [9.17, 15) is 40.2 Å². The molecular weight excluding hydrogens is 738 g/mol. The van der Waals surface area contributed by atoms with E-state index in [1.165, 1.54) is 14.2 Å². The summed E-state index contributed by atoms with van der Waals surface area (Å²) in [6, 6.07) is -0.759. The second-order valence-electron chi connectivity index (χ2n) is 16.9. The molecule has 326 valence electrons. The van der Waals surface area contributed by atoms with Crippen LogP contribution in [-0.2, 0) is 47.5 Å². The Hall–Kier alpha value is -1.42. The maximum absolute atomic E-state index is 13.7. The average molecular weight is 808 g/mol. The molecule has 20 atom stereocenters. The molecule has 56 heavy (non-hydrogen) atoms. The third-order valence-electron chi connectivity index (χ3n) is 12.8. The Labute approximate surface area is 330 Å². The lowest BCUT2D eigenvalue weighted by atomic mass is 9.78. The van der Waals surface area contributed by atoms with Crippen molar-refractivity contribution in [2.45, 2.75) is 177 Å². The first kappa shape index (κ1) is 47.3. The van der Waals surface area contributed by atoms with Gasteiger partial charge in [-0.25, -0.2) is 0 Å². The summed E-state index contributed by atoms with van der Waals surface area (Å²) in [6.45, 7) is 9.99. The number of likely N-dealkylation sites (N-methyl/N-ethyl adjacent to an activating group) is 1. The van der Waals surface area contributed by atoms with Crippen molar-refractivity contribution in [1.29, 1.82) is 0 Å². The number of ether oxygens (including phenoxy) is 8. The number of aliphatic hydroxyl groups excluding tert-OH is 5. The van der Waals surface area contributed by atoms with Crippen LogP contribution in [0.5, 0.6) is 0 Å². The van der Waals surface area contributed by atoms with E-state index >= 15 is 0 Å².